The predicted octanol–water partition coefficient (Wildman–Crippen LogP) is 3.70. The van der Waals surface area contributed by atoms with Crippen LogP contribution in [0.1, 0.15) is 38.6 Å². The second-order valence-electron chi connectivity index (χ2n) is 5.70. The van der Waals surface area contributed by atoms with Crippen LogP contribution in [0.2, 0.25) is 5.02 Å². The molecule has 4 rings (SSSR count). The standard InChI is InChI=1S/C19H11ClO4/c20-14-8-4-3-5-10(14)13-9-15(21)24-19-16(13)17(22)11-6-1-2-7-12(11)18(19)23/h1-8,13H,9H2. The molecular formula is C19H11ClO4. The number of halogens is 1. The molecule has 1 atom stereocenters. The van der Waals surface area contributed by atoms with Gasteiger partial charge in [-0.1, -0.05) is 54.1 Å². The maximum Gasteiger partial charge on any atom is 0.312 e. The number of Topliss-reactive ketones (excluding diaryl/α,β-unsaturated/α-hetero) is 2. The Morgan fingerprint density at radius 3 is 2.21 bits per heavy atom. The van der Waals surface area contributed by atoms with Gasteiger partial charge >= 0.3 is 5.97 Å². The molecule has 24 heavy (non-hydrogen) atoms. The van der Waals surface area contributed by atoms with E-state index < -0.39 is 17.7 Å². The molecule has 2 aromatic carbocycles. The Morgan fingerprint density at radius 2 is 1.50 bits per heavy atom. The zero-order valence-electron chi connectivity index (χ0n) is 12.4. The minimum atomic E-state index is -0.584. The van der Waals surface area contributed by atoms with Gasteiger partial charge in [0.05, 0.1) is 12.0 Å². The summed E-state index contributed by atoms with van der Waals surface area (Å²) in [5, 5.41) is 0.447. The Bertz CT molecular complexity index is 942. The van der Waals surface area contributed by atoms with Crippen molar-refractivity contribution in [3.05, 3.63) is 81.6 Å². The van der Waals surface area contributed by atoms with Gasteiger partial charge in [-0.05, 0) is 11.6 Å². The highest BCUT2D eigenvalue weighted by Gasteiger charge is 2.43. The van der Waals surface area contributed by atoms with Crippen LogP contribution in [0.15, 0.2) is 59.9 Å². The fourth-order valence-electron chi connectivity index (χ4n) is 3.24. The Hall–Kier alpha value is -2.72. The number of carbonyl (C=O) groups excluding carboxylic acids is 3. The van der Waals surface area contributed by atoms with E-state index in [0.29, 0.717) is 16.1 Å². The van der Waals surface area contributed by atoms with E-state index in [4.69, 9.17) is 16.3 Å². The van der Waals surface area contributed by atoms with E-state index in [-0.39, 0.29) is 29.1 Å². The lowest BCUT2D eigenvalue weighted by molar-refractivity contribution is -0.140. The largest absolute Gasteiger partial charge is 0.422 e. The molecule has 5 heteroatoms. The lowest BCUT2D eigenvalue weighted by atomic mass is 9.77. The van der Waals surface area contributed by atoms with Crippen LogP contribution in [0.5, 0.6) is 0 Å². The topological polar surface area (TPSA) is 60.4 Å². The molecule has 1 heterocycles. The van der Waals surface area contributed by atoms with Crippen LogP contribution < -0.4 is 0 Å². The van der Waals surface area contributed by atoms with Crippen LogP contribution in [-0.2, 0) is 9.53 Å². The summed E-state index contributed by atoms with van der Waals surface area (Å²) in [4.78, 5) is 37.7. The molecule has 0 amide bonds. The van der Waals surface area contributed by atoms with Gasteiger partial charge in [0, 0.05) is 22.1 Å². The van der Waals surface area contributed by atoms with Crippen LogP contribution >= 0.6 is 11.6 Å². The average molecular weight is 339 g/mol. The first-order chi connectivity index (χ1) is 11.6. The number of esters is 1. The first-order valence-electron chi connectivity index (χ1n) is 7.45. The Balaban J connectivity index is 1.94. The van der Waals surface area contributed by atoms with Crippen molar-refractivity contribution in [3.63, 3.8) is 0 Å². The Labute approximate surface area is 142 Å². The number of fused-ring (bicyclic) bond motifs is 1. The summed E-state index contributed by atoms with van der Waals surface area (Å²) in [5.41, 5.74) is 1.44. The van der Waals surface area contributed by atoms with Crippen LogP contribution in [0.25, 0.3) is 0 Å². The summed E-state index contributed by atoms with van der Waals surface area (Å²) >= 11 is 6.25. The molecule has 2 aromatic rings. The van der Waals surface area contributed by atoms with E-state index in [9.17, 15) is 14.4 Å². The first kappa shape index (κ1) is 14.8. The third kappa shape index (κ3) is 2.11. The van der Waals surface area contributed by atoms with Crippen LogP contribution in [0.4, 0.5) is 0 Å². The zero-order valence-corrected chi connectivity index (χ0v) is 13.2. The molecule has 0 spiro atoms. The minimum absolute atomic E-state index is 0.0241. The van der Waals surface area contributed by atoms with Crippen molar-refractivity contribution in [2.75, 3.05) is 0 Å². The smallest absolute Gasteiger partial charge is 0.312 e. The SMILES string of the molecule is O=C1CC(c2ccccc2Cl)C2=C(O1)C(=O)c1ccccc1C2=O. The van der Waals surface area contributed by atoms with Crippen molar-refractivity contribution >= 4 is 29.1 Å². The van der Waals surface area contributed by atoms with Gasteiger partial charge in [0.15, 0.2) is 11.5 Å². The summed E-state index contributed by atoms with van der Waals surface area (Å²) in [5.74, 6) is -2.03. The summed E-state index contributed by atoms with van der Waals surface area (Å²) in [6.45, 7) is 0. The number of hydrogen-bond acceptors (Lipinski definition) is 4. The number of benzene rings is 2. The van der Waals surface area contributed by atoms with Crippen molar-refractivity contribution in [2.24, 2.45) is 0 Å². The van der Waals surface area contributed by atoms with Gasteiger partial charge in [0.25, 0.3) is 0 Å². The molecule has 0 radical (unpaired) electrons. The van der Waals surface area contributed by atoms with Gasteiger partial charge < -0.3 is 4.74 Å². The molecule has 4 nitrogen and oxygen atoms in total. The summed E-state index contributed by atoms with van der Waals surface area (Å²) < 4.78 is 5.15. The third-order valence-corrected chi connectivity index (χ3v) is 4.67. The molecule has 0 bridgehead atoms. The minimum Gasteiger partial charge on any atom is -0.422 e. The van der Waals surface area contributed by atoms with E-state index in [1.165, 1.54) is 0 Å². The Kier molecular flexibility index (Phi) is 3.36. The highest BCUT2D eigenvalue weighted by molar-refractivity contribution is 6.32. The molecule has 1 unspecified atom stereocenters. The maximum atomic E-state index is 13.0. The second-order valence-corrected chi connectivity index (χ2v) is 6.11. The van der Waals surface area contributed by atoms with Gasteiger partial charge in [0.1, 0.15) is 0 Å². The summed E-state index contributed by atoms with van der Waals surface area (Å²) in [6.07, 6.45) is -0.0241. The molecule has 1 aliphatic heterocycles. The number of ketones is 2. The monoisotopic (exact) mass is 338 g/mol. The molecule has 0 N–H and O–H groups in total. The molecule has 0 fully saturated rings. The van der Waals surface area contributed by atoms with E-state index in [2.05, 4.69) is 0 Å². The van der Waals surface area contributed by atoms with E-state index in [1.54, 1.807) is 48.5 Å². The van der Waals surface area contributed by atoms with Crippen molar-refractivity contribution in [2.45, 2.75) is 12.3 Å². The van der Waals surface area contributed by atoms with Gasteiger partial charge in [-0.25, -0.2) is 0 Å². The van der Waals surface area contributed by atoms with Crippen LogP contribution in [-0.4, -0.2) is 17.5 Å². The lowest BCUT2D eigenvalue weighted by Crippen LogP contribution is -2.32. The number of ether oxygens (including phenoxy) is 1. The van der Waals surface area contributed by atoms with Gasteiger partial charge in [-0.15, -0.1) is 0 Å². The molecule has 118 valence electrons. The molecule has 0 saturated heterocycles. The Morgan fingerprint density at radius 1 is 0.875 bits per heavy atom. The molecule has 2 aliphatic rings. The second kappa shape index (κ2) is 5.42. The highest BCUT2D eigenvalue weighted by atomic mass is 35.5. The van der Waals surface area contributed by atoms with Crippen LogP contribution in [0.3, 0.4) is 0 Å². The van der Waals surface area contributed by atoms with Crippen molar-refractivity contribution in [3.8, 4) is 0 Å². The third-order valence-electron chi connectivity index (χ3n) is 4.33. The average Bonchev–Trinajstić information content (AvgIpc) is 2.59. The number of allylic oxidation sites excluding steroid dienone is 2. The molecule has 0 aromatic heterocycles. The van der Waals surface area contributed by atoms with Gasteiger partial charge in [0.2, 0.25) is 5.78 Å². The maximum absolute atomic E-state index is 13.0. The number of rotatable bonds is 1. The number of hydrogen-bond donors (Lipinski definition) is 0. The van der Waals surface area contributed by atoms with Crippen molar-refractivity contribution < 1.29 is 19.1 Å². The molecule has 1 aliphatic carbocycles. The first-order valence-corrected chi connectivity index (χ1v) is 7.83. The van der Waals surface area contributed by atoms with Crippen LogP contribution in [0, 0.1) is 0 Å². The quantitative estimate of drug-likeness (QED) is 0.744. The normalized spacial score (nSPS) is 19.7. The van der Waals surface area contributed by atoms with Crippen molar-refractivity contribution in [1.82, 2.24) is 0 Å². The fourth-order valence-corrected chi connectivity index (χ4v) is 3.50. The summed E-state index contributed by atoms with van der Waals surface area (Å²) in [7, 11) is 0. The zero-order chi connectivity index (χ0) is 16.8. The lowest BCUT2D eigenvalue weighted by Gasteiger charge is -2.30. The molecular weight excluding hydrogens is 328 g/mol. The number of carbonyl (C=O) groups is 3. The highest BCUT2D eigenvalue weighted by Crippen LogP contribution is 2.42. The molecule has 0 saturated carbocycles. The predicted molar refractivity (Wildman–Crippen MR) is 87.0 cm³/mol. The van der Waals surface area contributed by atoms with Gasteiger partial charge in [-0.2, -0.15) is 0 Å². The van der Waals surface area contributed by atoms with Gasteiger partial charge in [-0.3, -0.25) is 14.4 Å². The fraction of sp³-hybridized carbons (Fsp3) is 0.105. The van der Waals surface area contributed by atoms with E-state index in [0.717, 1.165) is 0 Å². The van der Waals surface area contributed by atoms with Crippen molar-refractivity contribution in [1.29, 1.82) is 0 Å². The summed E-state index contributed by atoms with van der Waals surface area (Å²) in [6, 6.07) is 13.6. The van der Waals surface area contributed by atoms with E-state index >= 15 is 0 Å². The van der Waals surface area contributed by atoms with E-state index in [1.807, 2.05) is 0 Å².